The Morgan fingerprint density at radius 2 is 2.24 bits per heavy atom. The lowest BCUT2D eigenvalue weighted by Crippen LogP contribution is -2.17. The number of pyridine rings is 1. The van der Waals surface area contributed by atoms with Crippen LogP contribution in [0, 0.1) is 0 Å². The van der Waals surface area contributed by atoms with Crippen LogP contribution in [0.4, 0.5) is 0 Å². The summed E-state index contributed by atoms with van der Waals surface area (Å²) in [6.45, 7) is 2.83. The van der Waals surface area contributed by atoms with Gasteiger partial charge in [-0.05, 0) is 35.0 Å². The van der Waals surface area contributed by atoms with E-state index in [1.165, 1.54) is 0 Å². The molecule has 2 aromatic rings. The number of nitrogens with two attached hydrogens (primary N) is 1. The molecular weight excluding hydrogens is 282 g/mol. The number of rotatable bonds is 4. The van der Waals surface area contributed by atoms with E-state index >= 15 is 0 Å². The number of halogens is 1. The molecule has 0 radical (unpaired) electrons. The minimum absolute atomic E-state index is 0.155. The summed E-state index contributed by atoms with van der Waals surface area (Å²) < 4.78 is 2.80. The van der Waals surface area contributed by atoms with Gasteiger partial charge in [-0.25, -0.2) is 4.98 Å². The SMILES string of the molecule is CCn1ncnc1CC(N)c1ccc(Br)cn1. The van der Waals surface area contributed by atoms with E-state index in [1.54, 1.807) is 12.5 Å². The minimum atomic E-state index is -0.155. The molecule has 0 aliphatic heterocycles. The average molecular weight is 296 g/mol. The molecule has 0 spiro atoms. The summed E-state index contributed by atoms with van der Waals surface area (Å²) in [6, 6.07) is 3.70. The predicted molar refractivity (Wildman–Crippen MR) is 68.3 cm³/mol. The van der Waals surface area contributed by atoms with Gasteiger partial charge in [0.1, 0.15) is 12.2 Å². The number of aryl methyl sites for hydroxylation is 1. The van der Waals surface area contributed by atoms with Crippen molar-refractivity contribution in [1.29, 1.82) is 0 Å². The highest BCUT2D eigenvalue weighted by Gasteiger charge is 2.12. The standard InChI is InChI=1S/C11H14BrN5/c1-2-17-11(15-7-16-17)5-9(13)10-4-3-8(12)6-14-10/h3-4,6-7,9H,2,5,13H2,1H3. The first-order chi connectivity index (χ1) is 8.20. The molecule has 0 fully saturated rings. The fraction of sp³-hybridized carbons (Fsp3) is 0.364. The van der Waals surface area contributed by atoms with Crippen molar-refractivity contribution >= 4 is 15.9 Å². The molecule has 2 N–H and O–H groups in total. The summed E-state index contributed by atoms with van der Waals surface area (Å²) in [6.07, 6.45) is 3.95. The maximum absolute atomic E-state index is 6.10. The quantitative estimate of drug-likeness (QED) is 0.932. The summed E-state index contributed by atoms with van der Waals surface area (Å²) in [5.41, 5.74) is 6.96. The second-order valence-electron chi connectivity index (χ2n) is 3.70. The van der Waals surface area contributed by atoms with Crippen molar-refractivity contribution in [3.05, 3.63) is 40.6 Å². The van der Waals surface area contributed by atoms with Gasteiger partial charge in [-0.1, -0.05) is 0 Å². The highest BCUT2D eigenvalue weighted by atomic mass is 79.9. The van der Waals surface area contributed by atoms with Crippen LogP contribution in [0.2, 0.25) is 0 Å². The van der Waals surface area contributed by atoms with Gasteiger partial charge in [0, 0.05) is 23.6 Å². The first-order valence-corrected chi connectivity index (χ1v) is 6.23. The maximum Gasteiger partial charge on any atom is 0.138 e. The molecule has 5 nitrogen and oxygen atoms in total. The van der Waals surface area contributed by atoms with Crippen molar-refractivity contribution in [1.82, 2.24) is 19.7 Å². The molecule has 0 aliphatic carbocycles. The molecule has 0 aliphatic rings. The van der Waals surface area contributed by atoms with E-state index < -0.39 is 0 Å². The largest absolute Gasteiger partial charge is 0.322 e. The summed E-state index contributed by atoms with van der Waals surface area (Å²) in [4.78, 5) is 8.49. The molecule has 2 aromatic heterocycles. The van der Waals surface area contributed by atoms with Gasteiger partial charge in [-0.2, -0.15) is 5.10 Å². The van der Waals surface area contributed by atoms with Gasteiger partial charge in [0.05, 0.1) is 11.7 Å². The molecule has 1 unspecified atom stereocenters. The maximum atomic E-state index is 6.10. The topological polar surface area (TPSA) is 69.6 Å². The molecule has 90 valence electrons. The molecule has 2 heterocycles. The van der Waals surface area contributed by atoms with E-state index in [4.69, 9.17) is 5.73 Å². The molecule has 0 bridgehead atoms. The first kappa shape index (κ1) is 12.2. The van der Waals surface area contributed by atoms with Crippen LogP contribution in [0.1, 0.15) is 24.5 Å². The molecule has 0 saturated heterocycles. The lowest BCUT2D eigenvalue weighted by Gasteiger charge is -2.10. The van der Waals surface area contributed by atoms with Gasteiger partial charge >= 0.3 is 0 Å². The molecule has 0 aromatic carbocycles. The smallest absolute Gasteiger partial charge is 0.138 e. The Morgan fingerprint density at radius 3 is 2.88 bits per heavy atom. The third-order valence-corrected chi connectivity index (χ3v) is 3.00. The van der Waals surface area contributed by atoms with Crippen LogP contribution in [0.5, 0.6) is 0 Å². The number of hydrogen-bond acceptors (Lipinski definition) is 4. The van der Waals surface area contributed by atoms with Crippen LogP contribution >= 0.6 is 15.9 Å². The van der Waals surface area contributed by atoms with Crippen molar-refractivity contribution in [2.75, 3.05) is 0 Å². The minimum Gasteiger partial charge on any atom is -0.322 e. The highest BCUT2D eigenvalue weighted by Crippen LogP contribution is 2.15. The number of aromatic nitrogens is 4. The van der Waals surface area contributed by atoms with E-state index in [0.29, 0.717) is 6.42 Å². The van der Waals surface area contributed by atoms with E-state index in [2.05, 4.69) is 31.0 Å². The second kappa shape index (κ2) is 5.37. The average Bonchev–Trinajstić information content (AvgIpc) is 2.77. The van der Waals surface area contributed by atoms with Gasteiger partial charge in [0.15, 0.2) is 0 Å². The summed E-state index contributed by atoms with van der Waals surface area (Å²) in [5.74, 6) is 0.893. The molecule has 0 saturated carbocycles. The van der Waals surface area contributed by atoms with Crippen LogP contribution in [-0.2, 0) is 13.0 Å². The van der Waals surface area contributed by atoms with Crippen LogP contribution in [-0.4, -0.2) is 19.7 Å². The Bertz CT molecular complexity index is 479. The first-order valence-electron chi connectivity index (χ1n) is 5.44. The molecule has 2 rings (SSSR count). The van der Waals surface area contributed by atoms with Crippen molar-refractivity contribution in [2.24, 2.45) is 5.73 Å². The zero-order valence-corrected chi connectivity index (χ0v) is 11.1. The van der Waals surface area contributed by atoms with Crippen LogP contribution in [0.15, 0.2) is 29.1 Å². The fourth-order valence-electron chi connectivity index (χ4n) is 1.62. The van der Waals surface area contributed by atoms with Crippen molar-refractivity contribution in [2.45, 2.75) is 25.9 Å². The Balaban J connectivity index is 2.11. The predicted octanol–water partition coefficient (Wildman–Crippen LogP) is 1.70. The molecular formula is C11H14BrN5. The Morgan fingerprint density at radius 1 is 1.41 bits per heavy atom. The second-order valence-corrected chi connectivity index (χ2v) is 4.62. The van der Waals surface area contributed by atoms with E-state index in [-0.39, 0.29) is 6.04 Å². The van der Waals surface area contributed by atoms with Crippen LogP contribution in [0.3, 0.4) is 0 Å². The zero-order chi connectivity index (χ0) is 12.3. The molecule has 17 heavy (non-hydrogen) atoms. The summed E-state index contributed by atoms with van der Waals surface area (Å²) >= 11 is 3.35. The number of nitrogens with zero attached hydrogens (tertiary/aromatic N) is 4. The lowest BCUT2D eigenvalue weighted by atomic mass is 10.1. The zero-order valence-electron chi connectivity index (χ0n) is 9.55. The lowest BCUT2D eigenvalue weighted by molar-refractivity contribution is 0.575. The van der Waals surface area contributed by atoms with Crippen molar-refractivity contribution < 1.29 is 0 Å². The normalized spacial score (nSPS) is 12.6. The Kier molecular flexibility index (Phi) is 3.86. The van der Waals surface area contributed by atoms with Crippen molar-refractivity contribution in [3.8, 4) is 0 Å². The van der Waals surface area contributed by atoms with Gasteiger partial charge in [-0.3, -0.25) is 9.67 Å². The van der Waals surface area contributed by atoms with Crippen LogP contribution in [0.25, 0.3) is 0 Å². The van der Waals surface area contributed by atoms with Gasteiger partial charge in [-0.15, -0.1) is 0 Å². The monoisotopic (exact) mass is 295 g/mol. The van der Waals surface area contributed by atoms with E-state index in [1.807, 2.05) is 23.7 Å². The molecule has 6 heteroatoms. The third-order valence-electron chi connectivity index (χ3n) is 2.53. The highest BCUT2D eigenvalue weighted by molar-refractivity contribution is 9.10. The molecule has 0 amide bonds. The summed E-state index contributed by atoms with van der Waals surface area (Å²) in [5, 5.41) is 4.12. The van der Waals surface area contributed by atoms with E-state index in [0.717, 1.165) is 22.5 Å². The summed E-state index contributed by atoms with van der Waals surface area (Å²) in [7, 11) is 0. The Hall–Kier alpha value is -1.27. The van der Waals surface area contributed by atoms with Crippen LogP contribution < -0.4 is 5.73 Å². The fourth-order valence-corrected chi connectivity index (χ4v) is 1.85. The van der Waals surface area contributed by atoms with E-state index in [9.17, 15) is 0 Å². The Labute approximate surface area is 108 Å². The van der Waals surface area contributed by atoms with Gasteiger partial charge < -0.3 is 5.73 Å². The molecule has 1 atom stereocenters. The van der Waals surface area contributed by atoms with Gasteiger partial charge in [0.25, 0.3) is 0 Å². The number of hydrogen-bond donors (Lipinski definition) is 1. The van der Waals surface area contributed by atoms with Crippen molar-refractivity contribution in [3.63, 3.8) is 0 Å². The third kappa shape index (κ3) is 2.89. The van der Waals surface area contributed by atoms with Gasteiger partial charge in [0.2, 0.25) is 0 Å².